The Labute approximate surface area is 121 Å². The summed E-state index contributed by atoms with van der Waals surface area (Å²) in [4.78, 5) is 16.7. The molecule has 1 aliphatic heterocycles. The molecule has 2 aromatic carbocycles. The van der Waals surface area contributed by atoms with Crippen molar-refractivity contribution in [2.24, 2.45) is 10.7 Å². The predicted octanol–water partition coefficient (Wildman–Crippen LogP) is 1.71. The summed E-state index contributed by atoms with van der Waals surface area (Å²) in [5.41, 5.74) is 6.10. The van der Waals surface area contributed by atoms with Gasteiger partial charge >= 0.3 is 0 Å². The van der Waals surface area contributed by atoms with E-state index in [0.717, 1.165) is 5.56 Å². The van der Waals surface area contributed by atoms with Crippen LogP contribution in [0.2, 0.25) is 0 Å². The van der Waals surface area contributed by atoms with Gasteiger partial charge in [-0.25, -0.2) is 9.38 Å². The topological polar surface area (TPSA) is 67.5 Å². The number of carbonyl (C=O) groups is 1. The van der Waals surface area contributed by atoms with Crippen LogP contribution >= 0.6 is 0 Å². The van der Waals surface area contributed by atoms with Crippen LogP contribution in [0.15, 0.2) is 59.6 Å². The molecule has 0 fully saturated rings. The van der Waals surface area contributed by atoms with Crippen molar-refractivity contribution in [3.05, 3.63) is 71.5 Å². The third kappa shape index (κ3) is 2.38. The van der Waals surface area contributed by atoms with Gasteiger partial charge in [-0.2, -0.15) is 0 Å². The molecule has 0 saturated heterocycles. The van der Waals surface area contributed by atoms with Crippen LogP contribution in [0, 0.1) is 5.82 Å². The largest absolute Gasteiger partial charge is 0.370 e. The Balaban J connectivity index is 2.08. The quantitative estimate of drug-likeness (QED) is 0.900. The van der Waals surface area contributed by atoms with Gasteiger partial charge < -0.3 is 5.73 Å². The van der Waals surface area contributed by atoms with Crippen LogP contribution in [0.1, 0.15) is 11.1 Å². The zero-order valence-corrected chi connectivity index (χ0v) is 11.2. The fourth-order valence-corrected chi connectivity index (χ4v) is 2.54. The molecule has 5 heteroatoms. The van der Waals surface area contributed by atoms with Crippen molar-refractivity contribution < 1.29 is 9.18 Å². The number of hydrogen-bond acceptors (Lipinski definition) is 3. The second-order valence-corrected chi connectivity index (χ2v) is 4.98. The van der Waals surface area contributed by atoms with E-state index >= 15 is 0 Å². The number of rotatable bonds is 3. The van der Waals surface area contributed by atoms with Gasteiger partial charge in [0.15, 0.2) is 11.5 Å². The van der Waals surface area contributed by atoms with Crippen molar-refractivity contribution >= 4 is 11.9 Å². The van der Waals surface area contributed by atoms with Crippen molar-refractivity contribution in [3.63, 3.8) is 0 Å². The highest BCUT2D eigenvalue weighted by atomic mass is 19.1. The number of hydrogen-bond donors (Lipinski definition) is 2. The molecule has 3 rings (SSSR count). The van der Waals surface area contributed by atoms with Crippen molar-refractivity contribution in [3.8, 4) is 0 Å². The van der Waals surface area contributed by atoms with Crippen LogP contribution in [0.3, 0.4) is 0 Å². The average Bonchev–Trinajstić information content (AvgIpc) is 2.76. The third-order valence-electron chi connectivity index (χ3n) is 3.55. The second kappa shape index (κ2) is 5.01. The molecule has 1 aliphatic rings. The summed E-state index contributed by atoms with van der Waals surface area (Å²) in [6.07, 6.45) is 0.367. The average molecular weight is 283 g/mol. The van der Waals surface area contributed by atoms with Gasteiger partial charge in [0.25, 0.3) is 5.91 Å². The Bertz CT molecular complexity index is 697. The van der Waals surface area contributed by atoms with Crippen molar-refractivity contribution in [2.75, 3.05) is 0 Å². The number of carbonyl (C=O) groups excluding carboxylic acids is 1. The molecule has 1 amide bonds. The third-order valence-corrected chi connectivity index (χ3v) is 3.55. The number of guanidine groups is 1. The van der Waals surface area contributed by atoms with E-state index in [9.17, 15) is 9.18 Å². The van der Waals surface area contributed by atoms with Gasteiger partial charge in [0.05, 0.1) is 0 Å². The second-order valence-electron chi connectivity index (χ2n) is 4.98. The first-order chi connectivity index (χ1) is 10.1. The summed E-state index contributed by atoms with van der Waals surface area (Å²) in [6.45, 7) is 0. The summed E-state index contributed by atoms with van der Waals surface area (Å²) < 4.78 is 13.1. The van der Waals surface area contributed by atoms with Gasteiger partial charge in [-0.05, 0) is 23.3 Å². The monoisotopic (exact) mass is 283 g/mol. The highest BCUT2D eigenvalue weighted by Gasteiger charge is 2.44. The molecular formula is C16H14FN3O. The van der Waals surface area contributed by atoms with E-state index < -0.39 is 5.54 Å². The van der Waals surface area contributed by atoms with Crippen LogP contribution in [0.5, 0.6) is 0 Å². The summed E-state index contributed by atoms with van der Waals surface area (Å²) in [5.74, 6) is -0.570. The van der Waals surface area contributed by atoms with Gasteiger partial charge in [0.1, 0.15) is 5.82 Å². The Morgan fingerprint density at radius 1 is 1.10 bits per heavy atom. The molecule has 106 valence electrons. The lowest BCUT2D eigenvalue weighted by Gasteiger charge is -2.24. The maximum Gasteiger partial charge on any atom is 0.259 e. The highest BCUT2D eigenvalue weighted by molar-refractivity contribution is 6.07. The van der Waals surface area contributed by atoms with Gasteiger partial charge in [0.2, 0.25) is 0 Å². The normalized spacial score (nSPS) is 21.0. The smallest absolute Gasteiger partial charge is 0.259 e. The molecular weight excluding hydrogens is 269 g/mol. The van der Waals surface area contributed by atoms with Crippen molar-refractivity contribution in [2.45, 2.75) is 12.0 Å². The first-order valence-corrected chi connectivity index (χ1v) is 6.57. The molecule has 3 N–H and O–H groups in total. The van der Waals surface area contributed by atoms with Gasteiger partial charge in [-0.1, -0.05) is 42.5 Å². The Morgan fingerprint density at radius 2 is 1.76 bits per heavy atom. The molecule has 0 unspecified atom stereocenters. The maximum atomic E-state index is 13.1. The molecule has 1 atom stereocenters. The fraction of sp³-hybridized carbons (Fsp3) is 0.125. The maximum absolute atomic E-state index is 13.1. The molecule has 0 aromatic heterocycles. The molecule has 0 aliphatic carbocycles. The van der Waals surface area contributed by atoms with E-state index in [-0.39, 0.29) is 17.7 Å². The Morgan fingerprint density at radius 3 is 2.33 bits per heavy atom. The van der Waals surface area contributed by atoms with Crippen LogP contribution in [0.25, 0.3) is 0 Å². The molecule has 4 nitrogen and oxygen atoms in total. The summed E-state index contributed by atoms with van der Waals surface area (Å²) in [6, 6.07) is 15.3. The van der Waals surface area contributed by atoms with Crippen LogP contribution in [0.4, 0.5) is 4.39 Å². The number of halogens is 1. The number of nitrogens with zero attached hydrogens (tertiary/aromatic N) is 1. The van der Waals surface area contributed by atoms with Crippen molar-refractivity contribution in [1.82, 2.24) is 5.32 Å². The van der Waals surface area contributed by atoms with Gasteiger partial charge in [-0.3, -0.25) is 10.1 Å². The van der Waals surface area contributed by atoms with Crippen molar-refractivity contribution in [1.29, 1.82) is 0 Å². The highest BCUT2D eigenvalue weighted by Crippen LogP contribution is 2.33. The molecule has 0 spiro atoms. The Hall–Kier alpha value is -2.69. The lowest BCUT2D eigenvalue weighted by atomic mass is 9.84. The van der Waals surface area contributed by atoms with Crippen LogP contribution < -0.4 is 11.1 Å². The van der Waals surface area contributed by atoms with Gasteiger partial charge in [0, 0.05) is 6.42 Å². The number of amides is 1. The molecule has 21 heavy (non-hydrogen) atoms. The SMILES string of the molecule is NC1=N[C@](Cc2ccccc2)(c2ccc(F)cc2)C(=O)N1. The number of nitrogens with one attached hydrogen (secondary N) is 1. The zero-order chi connectivity index (χ0) is 14.9. The van der Waals surface area contributed by atoms with Gasteiger partial charge in [-0.15, -0.1) is 0 Å². The zero-order valence-electron chi connectivity index (χ0n) is 11.2. The minimum absolute atomic E-state index is 0.0836. The van der Waals surface area contributed by atoms with E-state index in [4.69, 9.17) is 5.73 Å². The summed E-state index contributed by atoms with van der Waals surface area (Å²) in [7, 11) is 0. The first-order valence-electron chi connectivity index (χ1n) is 6.57. The van der Waals surface area contributed by atoms with E-state index in [1.54, 1.807) is 12.1 Å². The minimum Gasteiger partial charge on any atom is -0.370 e. The van der Waals surface area contributed by atoms with E-state index in [2.05, 4.69) is 10.3 Å². The summed E-state index contributed by atoms with van der Waals surface area (Å²) in [5, 5.41) is 2.54. The lowest BCUT2D eigenvalue weighted by Crippen LogP contribution is -2.40. The van der Waals surface area contributed by atoms with Crippen LogP contribution in [-0.4, -0.2) is 11.9 Å². The van der Waals surface area contributed by atoms with E-state index in [1.807, 2.05) is 30.3 Å². The molecule has 0 radical (unpaired) electrons. The Kier molecular flexibility index (Phi) is 3.17. The molecule has 2 aromatic rings. The lowest BCUT2D eigenvalue weighted by molar-refractivity contribution is -0.124. The summed E-state index contributed by atoms with van der Waals surface area (Å²) >= 11 is 0. The molecule has 1 heterocycles. The number of benzene rings is 2. The standard InChI is InChI=1S/C16H14FN3O/c17-13-8-6-12(7-9-13)16(14(21)19-15(18)20-16)10-11-4-2-1-3-5-11/h1-9H,10H2,(H3,18,19,20,21)/t16-/m1/s1. The number of nitrogens with two attached hydrogens (primary N) is 1. The minimum atomic E-state index is -1.14. The van der Waals surface area contributed by atoms with Crippen LogP contribution in [-0.2, 0) is 16.8 Å². The number of aliphatic imine (C=N–C) groups is 1. The first kappa shape index (κ1) is 13.3. The van der Waals surface area contributed by atoms with E-state index in [0.29, 0.717) is 12.0 Å². The molecule has 0 bridgehead atoms. The predicted molar refractivity (Wildman–Crippen MR) is 78.0 cm³/mol. The van der Waals surface area contributed by atoms with E-state index in [1.165, 1.54) is 12.1 Å². The fourth-order valence-electron chi connectivity index (χ4n) is 2.54. The molecule has 0 saturated carbocycles.